The molecule has 0 radical (unpaired) electrons. The Hall–Kier alpha value is -0.810. The Balaban J connectivity index is 0.00000225. The quantitative estimate of drug-likeness (QED) is 0.744. The van der Waals surface area contributed by atoms with E-state index in [1.165, 1.54) is 0 Å². The molecule has 0 aromatic rings. The zero-order valence-electron chi connectivity index (χ0n) is 9.52. The number of halogens is 1. The van der Waals surface area contributed by atoms with Crippen LogP contribution in [0.1, 0.15) is 26.7 Å². The molecule has 1 rings (SSSR count). The molecule has 0 bridgehead atoms. The summed E-state index contributed by atoms with van der Waals surface area (Å²) in [6.07, 6.45) is 1.25. The van der Waals surface area contributed by atoms with E-state index in [0.29, 0.717) is 26.1 Å². The van der Waals surface area contributed by atoms with Crippen molar-refractivity contribution in [3.05, 3.63) is 0 Å². The molecule has 0 amide bonds. The van der Waals surface area contributed by atoms with E-state index in [1.54, 1.807) is 13.8 Å². The van der Waals surface area contributed by atoms with Crippen LogP contribution in [0, 0.1) is 0 Å². The molecule has 2 atom stereocenters. The molecule has 1 aliphatic rings. The second kappa shape index (κ2) is 7.46. The molecular formula is C10H18ClNO4. The lowest BCUT2D eigenvalue weighted by Crippen LogP contribution is -2.41. The molecule has 1 aliphatic heterocycles. The Labute approximate surface area is 101 Å². The first-order valence-electron chi connectivity index (χ1n) is 5.28. The third-order valence-corrected chi connectivity index (χ3v) is 2.29. The molecule has 1 heterocycles. The van der Waals surface area contributed by atoms with Crippen LogP contribution in [0.15, 0.2) is 0 Å². The lowest BCUT2D eigenvalue weighted by atomic mass is 10.2. The number of carbonyl (C=O) groups excluding carboxylic acids is 2. The molecule has 1 fully saturated rings. The Bertz CT molecular complexity index is 223. The summed E-state index contributed by atoms with van der Waals surface area (Å²) in [5.41, 5.74) is 0. The zero-order valence-corrected chi connectivity index (χ0v) is 10.3. The fourth-order valence-electron chi connectivity index (χ4n) is 1.60. The molecule has 0 aliphatic carbocycles. The molecule has 1 saturated heterocycles. The third kappa shape index (κ3) is 3.98. The van der Waals surface area contributed by atoms with E-state index in [-0.39, 0.29) is 36.4 Å². The molecular weight excluding hydrogens is 234 g/mol. The monoisotopic (exact) mass is 251 g/mol. The van der Waals surface area contributed by atoms with Crippen molar-refractivity contribution >= 4 is 24.3 Å². The van der Waals surface area contributed by atoms with Crippen LogP contribution in [-0.4, -0.2) is 37.2 Å². The van der Waals surface area contributed by atoms with Crippen molar-refractivity contribution in [2.75, 3.05) is 13.2 Å². The molecule has 0 spiro atoms. The van der Waals surface area contributed by atoms with Crippen LogP contribution in [0.3, 0.4) is 0 Å². The van der Waals surface area contributed by atoms with Crippen molar-refractivity contribution in [1.82, 2.24) is 5.32 Å². The third-order valence-electron chi connectivity index (χ3n) is 2.29. The average Bonchev–Trinajstić information content (AvgIpc) is 2.67. The van der Waals surface area contributed by atoms with Gasteiger partial charge < -0.3 is 9.47 Å². The number of carbonyl (C=O) groups is 2. The minimum atomic E-state index is -0.362. The first-order chi connectivity index (χ1) is 7.19. The van der Waals surface area contributed by atoms with Crippen molar-refractivity contribution in [2.24, 2.45) is 0 Å². The molecule has 94 valence electrons. The normalized spacial score (nSPS) is 23.4. The summed E-state index contributed by atoms with van der Waals surface area (Å²) in [7, 11) is 0. The van der Waals surface area contributed by atoms with Gasteiger partial charge in [0.05, 0.1) is 13.2 Å². The number of hydrogen-bond donors (Lipinski definition) is 1. The first kappa shape index (κ1) is 15.2. The Morgan fingerprint density at radius 2 is 1.44 bits per heavy atom. The topological polar surface area (TPSA) is 64.6 Å². The van der Waals surface area contributed by atoms with Gasteiger partial charge in [-0.25, -0.2) is 0 Å². The number of esters is 2. The average molecular weight is 252 g/mol. The summed E-state index contributed by atoms with van der Waals surface area (Å²) < 4.78 is 9.72. The molecule has 1 N–H and O–H groups in total. The number of hydrogen-bond acceptors (Lipinski definition) is 5. The summed E-state index contributed by atoms with van der Waals surface area (Å²) in [5, 5.41) is 2.91. The van der Waals surface area contributed by atoms with Crippen LogP contribution in [0.25, 0.3) is 0 Å². The molecule has 16 heavy (non-hydrogen) atoms. The van der Waals surface area contributed by atoms with E-state index < -0.39 is 0 Å². The maximum atomic E-state index is 11.3. The highest BCUT2D eigenvalue weighted by atomic mass is 35.5. The van der Waals surface area contributed by atoms with E-state index in [0.717, 1.165) is 0 Å². The number of rotatable bonds is 4. The van der Waals surface area contributed by atoms with Crippen LogP contribution in [0.4, 0.5) is 0 Å². The van der Waals surface area contributed by atoms with Crippen molar-refractivity contribution in [3.8, 4) is 0 Å². The van der Waals surface area contributed by atoms with Gasteiger partial charge in [-0.2, -0.15) is 0 Å². The van der Waals surface area contributed by atoms with Crippen molar-refractivity contribution in [1.29, 1.82) is 0 Å². The van der Waals surface area contributed by atoms with Crippen LogP contribution in [0.5, 0.6) is 0 Å². The molecule has 6 heteroatoms. The minimum absolute atomic E-state index is 0. The van der Waals surface area contributed by atoms with E-state index in [4.69, 9.17) is 9.47 Å². The number of nitrogens with one attached hydrogen (secondary N) is 1. The summed E-state index contributed by atoms with van der Waals surface area (Å²) in [6.45, 7) is 4.24. The van der Waals surface area contributed by atoms with Gasteiger partial charge in [0.1, 0.15) is 12.1 Å². The maximum Gasteiger partial charge on any atom is 0.323 e. The van der Waals surface area contributed by atoms with Crippen LogP contribution < -0.4 is 5.32 Å². The minimum Gasteiger partial charge on any atom is -0.465 e. The summed E-state index contributed by atoms with van der Waals surface area (Å²) in [6, 6.07) is -0.723. The van der Waals surface area contributed by atoms with Crippen molar-refractivity contribution in [2.45, 2.75) is 38.8 Å². The van der Waals surface area contributed by atoms with Crippen LogP contribution in [0.2, 0.25) is 0 Å². The van der Waals surface area contributed by atoms with E-state index >= 15 is 0 Å². The summed E-state index contributed by atoms with van der Waals surface area (Å²) >= 11 is 0. The summed E-state index contributed by atoms with van der Waals surface area (Å²) in [5.74, 6) is -0.575. The highest BCUT2D eigenvalue weighted by Crippen LogP contribution is 2.14. The standard InChI is InChI=1S/C10H17NO4.ClH/c1-3-14-9(12)7-5-6-8(11-7)10(13)15-4-2;/h7-8,11H,3-6H2,1-2H3;1H/t7-,8-;/m1./s1. The predicted octanol–water partition coefficient (Wildman–Crippen LogP) is 0.655. The predicted molar refractivity (Wildman–Crippen MR) is 60.5 cm³/mol. The fraction of sp³-hybridized carbons (Fsp3) is 0.800. The SMILES string of the molecule is CCOC(=O)[C@H]1CC[C@H](C(=O)OCC)N1.Cl. The van der Waals surface area contributed by atoms with Gasteiger partial charge in [-0.15, -0.1) is 12.4 Å². The van der Waals surface area contributed by atoms with Gasteiger partial charge in [-0.05, 0) is 26.7 Å². The molecule has 0 aromatic carbocycles. The molecule has 0 saturated carbocycles. The van der Waals surface area contributed by atoms with E-state index in [1.807, 2.05) is 0 Å². The highest BCUT2D eigenvalue weighted by molar-refractivity contribution is 5.85. The van der Waals surface area contributed by atoms with Crippen LogP contribution in [-0.2, 0) is 19.1 Å². The Kier molecular flexibility index (Phi) is 7.08. The fourth-order valence-corrected chi connectivity index (χ4v) is 1.60. The van der Waals surface area contributed by atoms with Gasteiger partial charge in [0.15, 0.2) is 0 Å². The van der Waals surface area contributed by atoms with Gasteiger partial charge in [-0.3, -0.25) is 14.9 Å². The Morgan fingerprint density at radius 3 is 1.75 bits per heavy atom. The van der Waals surface area contributed by atoms with Gasteiger partial charge >= 0.3 is 11.9 Å². The summed E-state index contributed by atoms with van der Waals surface area (Å²) in [4.78, 5) is 22.7. The van der Waals surface area contributed by atoms with E-state index in [9.17, 15) is 9.59 Å². The zero-order chi connectivity index (χ0) is 11.3. The number of ether oxygens (including phenoxy) is 2. The van der Waals surface area contributed by atoms with Crippen molar-refractivity contribution in [3.63, 3.8) is 0 Å². The van der Waals surface area contributed by atoms with Gasteiger partial charge in [0.25, 0.3) is 0 Å². The molecule has 5 nitrogen and oxygen atoms in total. The first-order valence-corrected chi connectivity index (χ1v) is 5.28. The lowest BCUT2D eigenvalue weighted by Gasteiger charge is -2.12. The largest absolute Gasteiger partial charge is 0.465 e. The highest BCUT2D eigenvalue weighted by Gasteiger charge is 2.34. The van der Waals surface area contributed by atoms with Gasteiger partial charge in [-0.1, -0.05) is 0 Å². The van der Waals surface area contributed by atoms with Crippen LogP contribution >= 0.6 is 12.4 Å². The molecule has 0 unspecified atom stereocenters. The van der Waals surface area contributed by atoms with E-state index in [2.05, 4.69) is 5.32 Å². The second-order valence-corrected chi connectivity index (χ2v) is 3.35. The Morgan fingerprint density at radius 1 is 1.06 bits per heavy atom. The van der Waals surface area contributed by atoms with Crippen molar-refractivity contribution < 1.29 is 19.1 Å². The maximum absolute atomic E-state index is 11.3. The molecule has 0 aromatic heterocycles. The van der Waals surface area contributed by atoms with Gasteiger partial charge in [0, 0.05) is 0 Å². The smallest absolute Gasteiger partial charge is 0.323 e. The lowest BCUT2D eigenvalue weighted by molar-refractivity contribution is -0.146. The van der Waals surface area contributed by atoms with Gasteiger partial charge in [0.2, 0.25) is 0 Å². The second-order valence-electron chi connectivity index (χ2n) is 3.35.